The second-order valence-electron chi connectivity index (χ2n) is 9.47. The van der Waals surface area contributed by atoms with Crippen molar-refractivity contribution in [2.45, 2.75) is 32.0 Å². The highest BCUT2D eigenvalue weighted by molar-refractivity contribution is 6.30. The third-order valence-electron chi connectivity index (χ3n) is 6.87. The second kappa shape index (κ2) is 9.23. The fraction of sp³-hybridized carbons (Fsp3) is 0.296. The summed E-state index contributed by atoms with van der Waals surface area (Å²) in [4.78, 5) is 23.9. The summed E-state index contributed by atoms with van der Waals surface area (Å²) in [6.45, 7) is 5.65. The lowest BCUT2D eigenvalue weighted by Gasteiger charge is -2.40. The molecule has 0 saturated heterocycles. The van der Waals surface area contributed by atoms with Crippen LogP contribution in [0.1, 0.15) is 52.6 Å². The van der Waals surface area contributed by atoms with Gasteiger partial charge in [-0.3, -0.25) is 9.69 Å². The Morgan fingerprint density at radius 1 is 1.17 bits per heavy atom. The minimum absolute atomic E-state index is 0.0676. The summed E-state index contributed by atoms with van der Waals surface area (Å²) in [6.07, 6.45) is 4.43. The molecule has 9 heteroatoms. The summed E-state index contributed by atoms with van der Waals surface area (Å²) in [5, 5.41) is 10.8. The largest absolute Gasteiger partial charge is 0.396 e. The smallest absolute Gasteiger partial charge is 0.257 e. The van der Waals surface area contributed by atoms with E-state index in [2.05, 4.69) is 16.5 Å². The molecule has 1 aliphatic heterocycles. The number of hydrogen-bond donors (Lipinski definition) is 1. The number of aromatic nitrogens is 2. The minimum atomic E-state index is -1.64. The van der Waals surface area contributed by atoms with E-state index in [-0.39, 0.29) is 30.9 Å². The zero-order valence-corrected chi connectivity index (χ0v) is 21.1. The van der Waals surface area contributed by atoms with Gasteiger partial charge in [0.1, 0.15) is 11.6 Å². The molecule has 0 spiro atoms. The summed E-state index contributed by atoms with van der Waals surface area (Å²) < 4.78 is 22.6. The number of aliphatic hydroxyl groups is 1. The van der Waals surface area contributed by atoms with Crippen LogP contribution in [0.5, 0.6) is 0 Å². The van der Waals surface area contributed by atoms with Crippen LogP contribution in [0.2, 0.25) is 10.0 Å². The van der Waals surface area contributed by atoms with Crippen LogP contribution < -0.4 is 0 Å². The van der Waals surface area contributed by atoms with Gasteiger partial charge in [-0.05, 0) is 49.6 Å². The first kappa shape index (κ1) is 24.8. The number of carbonyl (C=O) groups is 1. The van der Waals surface area contributed by atoms with E-state index < -0.39 is 22.9 Å². The van der Waals surface area contributed by atoms with E-state index in [4.69, 9.17) is 27.9 Å². The predicted octanol–water partition coefficient (Wildman–Crippen LogP) is 5.60. The number of carbonyl (C=O) groups excluding carboxylic acids is 1. The number of benzene rings is 2. The number of aliphatic hydroxyl groups excluding tert-OH is 1. The van der Waals surface area contributed by atoms with Gasteiger partial charge in [-0.2, -0.15) is 0 Å². The SMILES string of the molecule is C=C(C)c1cc(F)c2c(c1)C(=O)N(Cc1ncc(Cl)cn1)C2(OCC1(CO)CC1)c1ccc(Cl)cc1. The molecule has 0 bridgehead atoms. The Hall–Kier alpha value is -2.84. The van der Waals surface area contributed by atoms with Crippen molar-refractivity contribution in [1.29, 1.82) is 0 Å². The van der Waals surface area contributed by atoms with Crippen molar-refractivity contribution in [3.8, 4) is 0 Å². The van der Waals surface area contributed by atoms with Crippen LogP contribution in [0.25, 0.3) is 5.57 Å². The number of nitrogens with zero attached hydrogens (tertiary/aromatic N) is 3. The van der Waals surface area contributed by atoms with Crippen molar-refractivity contribution >= 4 is 34.7 Å². The lowest BCUT2D eigenvalue weighted by molar-refractivity contribution is -0.131. The Morgan fingerprint density at radius 3 is 2.42 bits per heavy atom. The third kappa shape index (κ3) is 4.20. The highest BCUT2D eigenvalue weighted by atomic mass is 35.5. The number of hydrogen-bond acceptors (Lipinski definition) is 5. The van der Waals surface area contributed by atoms with Crippen molar-refractivity contribution in [3.05, 3.63) is 99.3 Å². The van der Waals surface area contributed by atoms with Crippen molar-refractivity contribution in [3.63, 3.8) is 0 Å². The molecule has 1 aromatic heterocycles. The van der Waals surface area contributed by atoms with Gasteiger partial charge < -0.3 is 9.84 Å². The molecular formula is C27H24Cl2FN3O3. The van der Waals surface area contributed by atoms with E-state index in [0.29, 0.717) is 32.6 Å². The number of rotatable bonds is 8. The molecule has 1 fully saturated rings. The number of fused-ring (bicyclic) bond motifs is 1. The van der Waals surface area contributed by atoms with E-state index >= 15 is 4.39 Å². The molecule has 1 atom stereocenters. The van der Waals surface area contributed by atoms with Gasteiger partial charge in [0.2, 0.25) is 0 Å². The average Bonchev–Trinajstić information content (AvgIpc) is 3.61. The average molecular weight is 528 g/mol. The predicted molar refractivity (Wildman–Crippen MR) is 135 cm³/mol. The maximum atomic E-state index is 16.0. The van der Waals surface area contributed by atoms with Crippen LogP contribution in [0, 0.1) is 11.2 Å². The van der Waals surface area contributed by atoms with Crippen molar-refractivity contribution < 1.29 is 19.0 Å². The second-order valence-corrected chi connectivity index (χ2v) is 10.3. The highest BCUT2D eigenvalue weighted by Crippen LogP contribution is 2.52. The maximum Gasteiger partial charge on any atom is 0.257 e. The van der Waals surface area contributed by atoms with Gasteiger partial charge in [-0.25, -0.2) is 14.4 Å². The van der Waals surface area contributed by atoms with Crippen LogP contribution in [-0.4, -0.2) is 39.1 Å². The van der Waals surface area contributed by atoms with Gasteiger partial charge in [0, 0.05) is 28.4 Å². The van der Waals surface area contributed by atoms with E-state index in [9.17, 15) is 9.90 Å². The van der Waals surface area contributed by atoms with Crippen LogP contribution in [0.15, 0.2) is 55.4 Å². The Labute approximate surface area is 218 Å². The molecule has 3 aromatic rings. The summed E-state index contributed by atoms with van der Waals surface area (Å²) in [5.74, 6) is -0.720. The molecule has 1 N–H and O–H groups in total. The van der Waals surface area contributed by atoms with Crippen molar-refractivity contribution in [2.24, 2.45) is 5.41 Å². The molecular weight excluding hydrogens is 504 g/mol. The van der Waals surface area contributed by atoms with E-state index in [1.807, 2.05) is 0 Å². The number of allylic oxidation sites excluding steroid dienone is 1. The molecule has 36 heavy (non-hydrogen) atoms. The number of halogens is 3. The molecule has 2 aromatic carbocycles. The van der Waals surface area contributed by atoms with Crippen LogP contribution >= 0.6 is 23.2 Å². The van der Waals surface area contributed by atoms with Gasteiger partial charge >= 0.3 is 0 Å². The van der Waals surface area contributed by atoms with Gasteiger partial charge in [0.15, 0.2) is 5.72 Å². The van der Waals surface area contributed by atoms with Crippen LogP contribution in [0.3, 0.4) is 0 Å². The molecule has 6 nitrogen and oxygen atoms in total. The summed E-state index contributed by atoms with van der Waals surface area (Å²) in [6, 6.07) is 9.76. The monoisotopic (exact) mass is 527 g/mol. The lowest BCUT2D eigenvalue weighted by Crippen LogP contribution is -2.48. The Kier molecular flexibility index (Phi) is 6.37. The molecule has 5 rings (SSSR count). The molecule has 186 valence electrons. The fourth-order valence-corrected chi connectivity index (χ4v) is 4.75. The first-order valence-electron chi connectivity index (χ1n) is 11.5. The van der Waals surface area contributed by atoms with Crippen LogP contribution in [0.4, 0.5) is 4.39 Å². The summed E-state index contributed by atoms with van der Waals surface area (Å²) >= 11 is 12.1. The first-order valence-corrected chi connectivity index (χ1v) is 12.2. The standard InChI is InChI=1S/C27H24Cl2FN3O3/c1-16(2)17-9-21-24(22(30)10-17)27(18-3-5-19(28)6-4-18,36-15-26(14-34)7-8-26)33(25(21)35)13-23-31-11-20(29)12-32-23/h3-6,9-12,34H,1,7-8,13-15H2,2H3. The Balaban J connectivity index is 1.73. The van der Waals surface area contributed by atoms with E-state index in [0.717, 1.165) is 12.8 Å². The molecule has 1 amide bonds. The topological polar surface area (TPSA) is 75.6 Å². The lowest BCUT2D eigenvalue weighted by atomic mass is 9.90. The molecule has 0 radical (unpaired) electrons. The third-order valence-corrected chi connectivity index (χ3v) is 7.31. The number of amides is 1. The first-order chi connectivity index (χ1) is 17.2. The summed E-state index contributed by atoms with van der Waals surface area (Å²) in [7, 11) is 0. The number of ether oxygens (including phenoxy) is 1. The van der Waals surface area contributed by atoms with Gasteiger partial charge in [-0.15, -0.1) is 0 Å². The Bertz CT molecular complexity index is 1340. The van der Waals surface area contributed by atoms with Gasteiger partial charge in [0.25, 0.3) is 5.91 Å². The van der Waals surface area contributed by atoms with Crippen molar-refractivity contribution in [1.82, 2.24) is 14.9 Å². The van der Waals surface area contributed by atoms with Crippen molar-refractivity contribution in [2.75, 3.05) is 13.2 Å². The molecule has 2 aliphatic rings. The minimum Gasteiger partial charge on any atom is -0.396 e. The Morgan fingerprint density at radius 2 is 1.83 bits per heavy atom. The zero-order valence-electron chi connectivity index (χ0n) is 19.6. The quantitative estimate of drug-likeness (QED) is 0.412. The van der Waals surface area contributed by atoms with Gasteiger partial charge in [-0.1, -0.05) is 47.5 Å². The molecule has 1 saturated carbocycles. The molecule has 1 aliphatic carbocycles. The normalized spacial score (nSPS) is 19.9. The van der Waals surface area contributed by atoms with E-state index in [1.54, 1.807) is 37.3 Å². The van der Waals surface area contributed by atoms with Gasteiger partial charge in [0.05, 0.1) is 35.9 Å². The highest BCUT2D eigenvalue weighted by Gasteiger charge is 2.56. The molecule has 1 unspecified atom stereocenters. The fourth-order valence-electron chi connectivity index (χ4n) is 4.53. The van der Waals surface area contributed by atoms with Crippen LogP contribution in [-0.2, 0) is 17.0 Å². The molecule has 2 heterocycles. The van der Waals surface area contributed by atoms with E-state index in [1.165, 1.54) is 23.4 Å². The summed E-state index contributed by atoms with van der Waals surface area (Å²) in [5.41, 5.74) is -0.135. The zero-order chi connectivity index (χ0) is 25.7. The maximum absolute atomic E-state index is 16.0.